The van der Waals surface area contributed by atoms with Gasteiger partial charge in [0.2, 0.25) is 5.91 Å². The summed E-state index contributed by atoms with van der Waals surface area (Å²) in [6.45, 7) is 0. The molecule has 0 bridgehead atoms. The number of hydrogen-bond acceptors (Lipinski definition) is 2. The van der Waals surface area contributed by atoms with Crippen LogP contribution in [0.25, 0.3) is 0 Å². The topological polar surface area (TPSA) is 82.2 Å². The molecule has 0 spiro atoms. The van der Waals surface area contributed by atoms with Crippen LogP contribution in [0.1, 0.15) is 25.7 Å². The highest BCUT2D eigenvalue weighted by Crippen LogP contribution is 2.29. The minimum absolute atomic E-state index is 0.00608. The molecule has 0 atom stereocenters. The van der Waals surface area contributed by atoms with Crippen molar-refractivity contribution < 1.29 is 14.7 Å². The Labute approximate surface area is 99.2 Å². The number of anilines is 1. The van der Waals surface area contributed by atoms with Crippen molar-refractivity contribution in [3.63, 3.8) is 0 Å². The van der Waals surface area contributed by atoms with Gasteiger partial charge in [0.1, 0.15) is 0 Å². The van der Waals surface area contributed by atoms with Crippen LogP contribution in [0.4, 0.5) is 5.69 Å². The maximum absolute atomic E-state index is 11.9. The molecule has 0 saturated heterocycles. The maximum Gasteiger partial charge on any atom is 0.306 e. The highest BCUT2D eigenvalue weighted by molar-refractivity contribution is 5.92. The molecule has 5 heteroatoms. The van der Waals surface area contributed by atoms with Crippen LogP contribution >= 0.6 is 0 Å². The molecule has 2 rings (SSSR count). The fraction of sp³-hybridized carbons (Fsp3) is 0.500. The Hall–Kier alpha value is -1.78. The molecule has 3 N–H and O–H groups in total. The molecule has 1 aromatic rings. The number of aromatic nitrogens is 1. The van der Waals surface area contributed by atoms with Gasteiger partial charge in [-0.1, -0.05) is 0 Å². The minimum Gasteiger partial charge on any atom is -0.481 e. The van der Waals surface area contributed by atoms with Gasteiger partial charge in [0.15, 0.2) is 0 Å². The summed E-state index contributed by atoms with van der Waals surface area (Å²) in [5.74, 6) is -1.07. The molecular weight excluding hydrogens is 220 g/mol. The Morgan fingerprint density at radius 2 is 1.88 bits per heavy atom. The first-order valence-electron chi connectivity index (χ1n) is 5.83. The molecule has 1 aliphatic carbocycles. The summed E-state index contributed by atoms with van der Waals surface area (Å²) in [4.78, 5) is 25.5. The van der Waals surface area contributed by atoms with Crippen LogP contribution in [0.2, 0.25) is 0 Å². The lowest BCUT2D eigenvalue weighted by atomic mass is 9.81. The SMILES string of the molecule is O=C(O)C1CCC(C(=O)Nc2cc[nH]c2)CC1. The van der Waals surface area contributed by atoms with Gasteiger partial charge in [-0.15, -0.1) is 0 Å². The molecule has 5 nitrogen and oxygen atoms in total. The fourth-order valence-corrected chi connectivity index (χ4v) is 2.25. The van der Waals surface area contributed by atoms with Crippen LogP contribution in [0.3, 0.4) is 0 Å². The lowest BCUT2D eigenvalue weighted by Gasteiger charge is -2.24. The van der Waals surface area contributed by atoms with Crippen molar-refractivity contribution in [3.05, 3.63) is 18.5 Å². The number of nitrogens with one attached hydrogen (secondary N) is 2. The smallest absolute Gasteiger partial charge is 0.306 e. The second kappa shape index (κ2) is 5.03. The molecule has 1 heterocycles. The van der Waals surface area contributed by atoms with E-state index in [9.17, 15) is 9.59 Å². The monoisotopic (exact) mass is 236 g/mol. The largest absolute Gasteiger partial charge is 0.481 e. The van der Waals surface area contributed by atoms with E-state index in [1.165, 1.54) is 0 Å². The summed E-state index contributed by atoms with van der Waals surface area (Å²) in [6, 6.07) is 1.79. The summed E-state index contributed by atoms with van der Waals surface area (Å²) in [7, 11) is 0. The van der Waals surface area contributed by atoms with Crippen LogP contribution in [0.15, 0.2) is 18.5 Å². The van der Waals surface area contributed by atoms with Crippen LogP contribution in [0.5, 0.6) is 0 Å². The zero-order valence-corrected chi connectivity index (χ0v) is 9.48. The van der Waals surface area contributed by atoms with Gasteiger partial charge < -0.3 is 15.4 Å². The van der Waals surface area contributed by atoms with Crippen LogP contribution < -0.4 is 5.32 Å². The molecule has 0 aromatic carbocycles. The number of rotatable bonds is 3. The van der Waals surface area contributed by atoms with E-state index < -0.39 is 5.97 Å². The van der Waals surface area contributed by atoms with E-state index in [0.29, 0.717) is 25.7 Å². The lowest BCUT2D eigenvalue weighted by Crippen LogP contribution is -2.29. The average molecular weight is 236 g/mol. The van der Waals surface area contributed by atoms with E-state index in [4.69, 9.17) is 5.11 Å². The van der Waals surface area contributed by atoms with Gasteiger partial charge in [0, 0.05) is 18.3 Å². The number of carboxylic acid groups (broad SMARTS) is 1. The van der Waals surface area contributed by atoms with Crippen molar-refractivity contribution in [2.24, 2.45) is 11.8 Å². The van der Waals surface area contributed by atoms with Gasteiger partial charge in [-0.05, 0) is 31.7 Å². The van der Waals surface area contributed by atoms with Crippen LogP contribution in [0, 0.1) is 11.8 Å². The average Bonchev–Trinajstić information content (AvgIpc) is 2.82. The number of carboxylic acids is 1. The Bertz CT molecular complexity index is 392. The molecule has 1 fully saturated rings. The second-order valence-electron chi connectivity index (χ2n) is 4.48. The Morgan fingerprint density at radius 1 is 1.24 bits per heavy atom. The number of amides is 1. The quantitative estimate of drug-likeness (QED) is 0.749. The van der Waals surface area contributed by atoms with Crippen molar-refractivity contribution in [1.29, 1.82) is 0 Å². The Kier molecular flexibility index (Phi) is 3.46. The summed E-state index contributed by atoms with van der Waals surface area (Å²) in [6.07, 6.45) is 5.99. The second-order valence-corrected chi connectivity index (χ2v) is 4.48. The molecule has 1 aliphatic rings. The molecular formula is C12H16N2O3. The predicted octanol–water partition coefficient (Wildman–Crippen LogP) is 1.84. The zero-order valence-electron chi connectivity index (χ0n) is 9.48. The number of carbonyl (C=O) groups excluding carboxylic acids is 1. The third-order valence-electron chi connectivity index (χ3n) is 3.31. The van der Waals surface area contributed by atoms with Crippen molar-refractivity contribution in [3.8, 4) is 0 Å². The fourth-order valence-electron chi connectivity index (χ4n) is 2.25. The van der Waals surface area contributed by atoms with E-state index in [1.54, 1.807) is 18.5 Å². The molecule has 1 aromatic heterocycles. The minimum atomic E-state index is -0.741. The number of H-pyrrole nitrogens is 1. The van der Waals surface area contributed by atoms with E-state index >= 15 is 0 Å². The first-order chi connectivity index (χ1) is 8.16. The Morgan fingerprint density at radius 3 is 2.41 bits per heavy atom. The lowest BCUT2D eigenvalue weighted by molar-refractivity contribution is -0.143. The van der Waals surface area contributed by atoms with Gasteiger partial charge in [0.25, 0.3) is 0 Å². The van der Waals surface area contributed by atoms with E-state index in [1.807, 2.05) is 0 Å². The number of aliphatic carboxylic acids is 1. The van der Waals surface area contributed by atoms with Gasteiger partial charge in [0.05, 0.1) is 11.6 Å². The standard InChI is InChI=1S/C12H16N2O3/c15-11(14-10-5-6-13-7-10)8-1-3-9(4-2-8)12(16)17/h5-9,13H,1-4H2,(H,14,15)(H,16,17). The Balaban J connectivity index is 1.84. The summed E-state index contributed by atoms with van der Waals surface area (Å²) in [5, 5.41) is 11.7. The van der Waals surface area contributed by atoms with Gasteiger partial charge in [-0.3, -0.25) is 9.59 Å². The van der Waals surface area contributed by atoms with Crippen LogP contribution in [-0.4, -0.2) is 22.0 Å². The van der Waals surface area contributed by atoms with Crippen molar-refractivity contribution >= 4 is 17.6 Å². The summed E-state index contributed by atoms with van der Waals surface area (Å²) in [5.41, 5.74) is 0.760. The van der Waals surface area contributed by atoms with Gasteiger partial charge >= 0.3 is 5.97 Å². The van der Waals surface area contributed by atoms with Crippen molar-refractivity contribution in [2.45, 2.75) is 25.7 Å². The van der Waals surface area contributed by atoms with E-state index in [-0.39, 0.29) is 17.7 Å². The first kappa shape index (κ1) is 11.7. The maximum atomic E-state index is 11.9. The van der Waals surface area contributed by atoms with E-state index in [0.717, 1.165) is 5.69 Å². The molecule has 1 amide bonds. The van der Waals surface area contributed by atoms with Gasteiger partial charge in [-0.2, -0.15) is 0 Å². The number of aromatic amines is 1. The molecule has 1 saturated carbocycles. The normalized spacial score (nSPS) is 24.2. The highest BCUT2D eigenvalue weighted by atomic mass is 16.4. The highest BCUT2D eigenvalue weighted by Gasteiger charge is 2.29. The predicted molar refractivity (Wildman–Crippen MR) is 62.5 cm³/mol. The van der Waals surface area contributed by atoms with Crippen molar-refractivity contribution in [1.82, 2.24) is 4.98 Å². The van der Waals surface area contributed by atoms with Gasteiger partial charge in [-0.25, -0.2) is 0 Å². The molecule has 92 valence electrons. The molecule has 0 aliphatic heterocycles. The molecule has 17 heavy (non-hydrogen) atoms. The first-order valence-corrected chi connectivity index (χ1v) is 5.83. The summed E-state index contributed by atoms with van der Waals surface area (Å²) < 4.78 is 0. The van der Waals surface area contributed by atoms with Crippen LogP contribution in [-0.2, 0) is 9.59 Å². The number of carbonyl (C=O) groups is 2. The third kappa shape index (κ3) is 2.87. The number of hydrogen-bond donors (Lipinski definition) is 3. The third-order valence-corrected chi connectivity index (χ3v) is 3.31. The molecule has 0 unspecified atom stereocenters. The molecule has 0 radical (unpaired) electrons. The summed E-state index contributed by atoms with van der Waals surface area (Å²) >= 11 is 0. The van der Waals surface area contributed by atoms with E-state index in [2.05, 4.69) is 10.3 Å². The van der Waals surface area contributed by atoms with Crippen molar-refractivity contribution in [2.75, 3.05) is 5.32 Å². The zero-order chi connectivity index (χ0) is 12.3.